The van der Waals surface area contributed by atoms with Crippen LogP contribution in [0.4, 0.5) is 0 Å². The van der Waals surface area contributed by atoms with Gasteiger partial charge in [0, 0.05) is 6.42 Å². The molecule has 0 aromatic heterocycles. The van der Waals surface area contributed by atoms with Gasteiger partial charge in [-0.1, -0.05) is 30.3 Å². The molecule has 0 bridgehead atoms. The highest BCUT2D eigenvalue weighted by atomic mass is 16.5. The van der Waals surface area contributed by atoms with Gasteiger partial charge in [0.05, 0.1) is 25.9 Å². The third-order valence-corrected chi connectivity index (χ3v) is 3.16. The van der Waals surface area contributed by atoms with E-state index in [9.17, 15) is 5.11 Å². The second-order valence-corrected chi connectivity index (χ2v) is 4.33. The highest BCUT2D eigenvalue weighted by Crippen LogP contribution is 2.14. The van der Waals surface area contributed by atoms with Crippen LogP contribution in [0.25, 0.3) is 0 Å². The van der Waals surface area contributed by atoms with Crippen molar-refractivity contribution >= 4 is 0 Å². The molecule has 1 heterocycles. The standard InChI is InChI=1S/C13H19NO2/c15-13(12-4-2-1-3-5-12)6-7-14-8-10-16-11-9-14/h1-5,13,15H,6-11H2/p+1/t13-/m0/s1. The molecule has 0 radical (unpaired) electrons. The minimum atomic E-state index is -0.323. The Bertz CT molecular complexity index is 296. The van der Waals surface area contributed by atoms with E-state index in [0.717, 1.165) is 44.8 Å². The molecule has 2 rings (SSSR count). The zero-order chi connectivity index (χ0) is 11.2. The van der Waals surface area contributed by atoms with Crippen molar-refractivity contribution in [2.45, 2.75) is 12.5 Å². The molecule has 1 atom stereocenters. The monoisotopic (exact) mass is 222 g/mol. The molecule has 0 aliphatic carbocycles. The van der Waals surface area contributed by atoms with Crippen LogP contribution in [-0.4, -0.2) is 38.0 Å². The second kappa shape index (κ2) is 5.99. The van der Waals surface area contributed by atoms with Crippen LogP contribution in [0.15, 0.2) is 30.3 Å². The summed E-state index contributed by atoms with van der Waals surface area (Å²) in [6, 6.07) is 9.89. The fourth-order valence-electron chi connectivity index (χ4n) is 2.09. The van der Waals surface area contributed by atoms with Gasteiger partial charge in [0.2, 0.25) is 0 Å². The van der Waals surface area contributed by atoms with Gasteiger partial charge in [-0.05, 0) is 5.56 Å². The lowest BCUT2D eigenvalue weighted by molar-refractivity contribution is -0.908. The molecule has 1 aromatic carbocycles. The highest BCUT2D eigenvalue weighted by Gasteiger charge is 2.16. The Morgan fingerprint density at radius 2 is 1.88 bits per heavy atom. The van der Waals surface area contributed by atoms with Crippen molar-refractivity contribution < 1.29 is 14.7 Å². The maximum Gasteiger partial charge on any atom is 0.101 e. The molecule has 1 fully saturated rings. The number of rotatable bonds is 4. The van der Waals surface area contributed by atoms with Gasteiger partial charge in [0.15, 0.2) is 0 Å². The number of morpholine rings is 1. The Balaban J connectivity index is 1.77. The number of aliphatic hydroxyl groups is 1. The summed E-state index contributed by atoms with van der Waals surface area (Å²) in [4.78, 5) is 1.54. The van der Waals surface area contributed by atoms with E-state index < -0.39 is 0 Å². The zero-order valence-electron chi connectivity index (χ0n) is 9.56. The average Bonchev–Trinajstić information content (AvgIpc) is 2.38. The molecule has 0 saturated carbocycles. The summed E-state index contributed by atoms with van der Waals surface area (Å²) in [6.07, 6.45) is 0.510. The smallest absolute Gasteiger partial charge is 0.101 e. The van der Waals surface area contributed by atoms with Gasteiger partial charge in [0.1, 0.15) is 13.1 Å². The summed E-state index contributed by atoms with van der Waals surface area (Å²) < 4.78 is 5.31. The molecular formula is C13H20NO2+. The first-order chi connectivity index (χ1) is 7.86. The van der Waals surface area contributed by atoms with E-state index in [-0.39, 0.29) is 6.10 Å². The summed E-state index contributed by atoms with van der Waals surface area (Å²) >= 11 is 0. The average molecular weight is 222 g/mol. The highest BCUT2D eigenvalue weighted by molar-refractivity contribution is 5.16. The lowest BCUT2D eigenvalue weighted by atomic mass is 10.1. The van der Waals surface area contributed by atoms with E-state index in [4.69, 9.17) is 4.74 Å². The summed E-state index contributed by atoms with van der Waals surface area (Å²) in [7, 11) is 0. The number of nitrogens with one attached hydrogen (secondary N) is 1. The minimum absolute atomic E-state index is 0.323. The fourth-order valence-corrected chi connectivity index (χ4v) is 2.09. The van der Waals surface area contributed by atoms with Crippen molar-refractivity contribution in [1.29, 1.82) is 0 Å². The molecule has 0 unspecified atom stereocenters. The predicted octanol–water partition coefficient (Wildman–Crippen LogP) is 0.0252. The molecule has 0 amide bonds. The zero-order valence-corrected chi connectivity index (χ0v) is 9.56. The third-order valence-electron chi connectivity index (χ3n) is 3.16. The predicted molar refractivity (Wildman–Crippen MR) is 62.4 cm³/mol. The molecule has 3 nitrogen and oxygen atoms in total. The molecule has 0 spiro atoms. The number of quaternary nitrogens is 1. The van der Waals surface area contributed by atoms with Crippen LogP contribution in [0.3, 0.4) is 0 Å². The van der Waals surface area contributed by atoms with Crippen molar-refractivity contribution in [3.8, 4) is 0 Å². The first kappa shape index (κ1) is 11.6. The molecule has 1 aromatic rings. The van der Waals surface area contributed by atoms with Gasteiger partial charge < -0.3 is 14.7 Å². The minimum Gasteiger partial charge on any atom is -0.388 e. The van der Waals surface area contributed by atoms with Gasteiger partial charge in [-0.3, -0.25) is 0 Å². The van der Waals surface area contributed by atoms with Gasteiger partial charge in [0.25, 0.3) is 0 Å². The normalized spacial score (nSPS) is 19.6. The van der Waals surface area contributed by atoms with Crippen molar-refractivity contribution in [2.75, 3.05) is 32.8 Å². The number of hydrogen-bond donors (Lipinski definition) is 2. The van der Waals surface area contributed by atoms with Crippen molar-refractivity contribution in [2.24, 2.45) is 0 Å². The SMILES string of the molecule is O[C@@H](CC[NH+]1CCOCC1)c1ccccc1. The second-order valence-electron chi connectivity index (χ2n) is 4.33. The largest absolute Gasteiger partial charge is 0.388 e. The molecule has 1 saturated heterocycles. The van der Waals surface area contributed by atoms with E-state index in [1.807, 2.05) is 30.3 Å². The first-order valence-corrected chi connectivity index (χ1v) is 6.00. The van der Waals surface area contributed by atoms with E-state index >= 15 is 0 Å². The Labute approximate surface area is 96.6 Å². The van der Waals surface area contributed by atoms with E-state index in [1.165, 1.54) is 0 Å². The summed E-state index contributed by atoms with van der Waals surface area (Å²) in [5.41, 5.74) is 1.02. The first-order valence-electron chi connectivity index (χ1n) is 6.00. The van der Waals surface area contributed by atoms with Crippen molar-refractivity contribution in [3.63, 3.8) is 0 Å². The quantitative estimate of drug-likeness (QED) is 0.753. The molecule has 1 aliphatic rings. The molecule has 2 N–H and O–H groups in total. The van der Waals surface area contributed by atoms with Crippen LogP contribution in [0.5, 0.6) is 0 Å². The maximum atomic E-state index is 10.0. The number of hydrogen-bond acceptors (Lipinski definition) is 2. The topological polar surface area (TPSA) is 33.9 Å². The van der Waals surface area contributed by atoms with Gasteiger partial charge in [-0.15, -0.1) is 0 Å². The van der Waals surface area contributed by atoms with Crippen LogP contribution in [-0.2, 0) is 4.74 Å². The Kier molecular flexibility index (Phi) is 4.34. The summed E-state index contributed by atoms with van der Waals surface area (Å²) in [6.45, 7) is 4.88. The van der Waals surface area contributed by atoms with E-state index in [2.05, 4.69) is 0 Å². The molecule has 88 valence electrons. The van der Waals surface area contributed by atoms with Crippen LogP contribution < -0.4 is 4.90 Å². The van der Waals surface area contributed by atoms with Crippen LogP contribution in [0.2, 0.25) is 0 Å². The van der Waals surface area contributed by atoms with E-state index in [1.54, 1.807) is 4.90 Å². The molecular weight excluding hydrogens is 202 g/mol. The summed E-state index contributed by atoms with van der Waals surface area (Å²) in [5, 5.41) is 10.0. The number of aliphatic hydroxyl groups excluding tert-OH is 1. The lowest BCUT2D eigenvalue weighted by Crippen LogP contribution is -3.14. The van der Waals surface area contributed by atoms with Crippen molar-refractivity contribution in [3.05, 3.63) is 35.9 Å². The summed E-state index contributed by atoms with van der Waals surface area (Å²) in [5.74, 6) is 0. The third kappa shape index (κ3) is 3.30. The van der Waals surface area contributed by atoms with Gasteiger partial charge in [-0.25, -0.2) is 0 Å². The molecule has 16 heavy (non-hydrogen) atoms. The molecule has 3 heteroatoms. The Morgan fingerprint density at radius 1 is 1.19 bits per heavy atom. The van der Waals surface area contributed by atoms with Crippen LogP contribution in [0, 0.1) is 0 Å². The van der Waals surface area contributed by atoms with Crippen molar-refractivity contribution in [1.82, 2.24) is 0 Å². The Morgan fingerprint density at radius 3 is 2.56 bits per heavy atom. The van der Waals surface area contributed by atoms with Gasteiger partial charge >= 0.3 is 0 Å². The number of ether oxygens (including phenoxy) is 1. The Hall–Kier alpha value is -0.900. The lowest BCUT2D eigenvalue weighted by Gasteiger charge is -2.24. The molecule has 1 aliphatic heterocycles. The number of benzene rings is 1. The fraction of sp³-hybridized carbons (Fsp3) is 0.538. The van der Waals surface area contributed by atoms with Gasteiger partial charge in [-0.2, -0.15) is 0 Å². The van der Waals surface area contributed by atoms with Crippen LogP contribution >= 0.6 is 0 Å². The maximum absolute atomic E-state index is 10.0. The van der Waals surface area contributed by atoms with Crippen LogP contribution in [0.1, 0.15) is 18.1 Å². The van der Waals surface area contributed by atoms with E-state index in [0.29, 0.717) is 0 Å².